The predicted molar refractivity (Wildman–Crippen MR) is 69.1 cm³/mol. The Morgan fingerprint density at radius 3 is 3.06 bits per heavy atom. The van der Waals surface area contributed by atoms with Crippen LogP contribution in [0.4, 0.5) is 5.69 Å². The Balaban J connectivity index is 2.05. The minimum Gasteiger partial charge on any atom is -0.368 e. The van der Waals surface area contributed by atoms with E-state index in [1.165, 1.54) is 6.20 Å². The monoisotopic (exact) mass is 318 g/mol. The minimum atomic E-state index is -0.371. The number of rotatable bonds is 2. The van der Waals surface area contributed by atoms with Crippen molar-refractivity contribution in [2.24, 2.45) is 5.92 Å². The molecule has 0 bridgehead atoms. The fourth-order valence-corrected chi connectivity index (χ4v) is 2.19. The third kappa shape index (κ3) is 2.97. The van der Waals surface area contributed by atoms with E-state index in [2.05, 4.69) is 26.2 Å². The zero-order valence-electron chi connectivity index (χ0n) is 9.24. The lowest BCUT2D eigenvalue weighted by molar-refractivity contribution is -0.126. The highest BCUT2D eigenvalue weighted by molar-refractivity contribution is 9.10. The zero-order valence-corrected chi connectivity index (χ0v) is 11.6. The minimum absolute atomic E-state index is 0.133. The summed E-state index contributed by atoms with van der Waals surface area (Å²) in [6, 6.07) is 1.72. The van der Waals surface area contributed by atoms with Crippen molar-refractivity contribution < 1.29 is 9.53 Å². The Labute approximate surface area is 113 Å². The molecule has 1 aliphatic rings. The first-order chi connectivity index (χ1) is 8.08. The second-order valence-electron chi connectivity index (χ2n) is 4.04. The summed E-state index contributed by atoms with van der Waals surface area (Å²) < 4.78 is 6.03. The third-order valence-corrected chi connectivity index (χ3v) is 3.84. The summed E-state index contributed by atoms with van der Waals surface area (Å²) >= 11 is 9.03. The maximum absolute atomic E-state index is 11.9. The Hall–Kier alpha value is -0.650. The SMILES string of the molecule is CC1CCOC1C(=O)Nc1cnc(Cl)c(Br)c1. The molecule has 2 rings (SSSR count). The molecule has 1 N–H and O–H groups in total. The van der Waals surface area contributed by atoms with Gasteiger partial charge in [-0.3, -0.25) is 4.79 Å². The summed E-state index contributed by atoms with van der Waals surface area (Å²) in [5, 5.41) is 3.14. The predicted octanol–water partition coefficient (Wildman–Crippen LogP) is 2.86. The molecule has 2 heterocycles. The van der Waals surface area contributed by atoms with Gasteiger partial charge in [0, 0.05) is 6.61 Å². The zero-order chi connectivity index (χ0) is 12.4. The van der Waals surface area contributed by atoms with Crippen molar-refractivity contribution in [1.82, 2.24) is 4.98 Å². The summed E-state index contributed by atoms with van der Waals surface area (Å²) in [5.74, 6) is 0.115. The van der Waals surface area contributed by atoms with Gasteiger partial charge in [0.1, 0.15) is 11.3 Å². The number of carbonyl (C=O) groups excluding carboxylic acids is 1. The number of nitrogens with zero attached hydrogens (tertiary/aromatic N) is 1. The molecule has 1 aliphatic heterocycles. The summed E-state index contributed by atoms with van der Waals surface area (Å²) in [7, 11) is 0. The summed E-state index contributed by atoms with van der Waals surface area (Å²) in [6.07, 6.45) is 2.06. The molecule has 17 heavy (non-hydrogen) atoms. The largest absolute Gasteiger partial charge is 0.368 e. The molecule has 2 atom stereocenters. The average molecular weight is 320 g/mol. The van der Waals surface area contributed by atoms with Crippen LogP contribution in [0.15, 0.2) is 16.7 Å². The van der Waals surface area contributed by atoms with Crippen LogP contribution in [0.2, 0.25) is 5.15 Å². The lowest BCUT2D eigenvalue weighted by Crippen LogP contribution is -2.31. The smallest absolute Gasteiger partial charge is 0.253 e. The van der Waals surface area contributed by atoms with Crippen molar-refractivity contribution in [3.63, 3.8) is 0 Å². The van der Waals surface area contributed by atoms with Crippen molar-refractivity contribution in [2.75, 3.05) is 11.9 Å². The molecule has 0 saturated carbocycles. The first kappa shape index (κ1) is 12.8. The Kier molecular flexibility index (Phi) is 4.01. The molecule has 0 spiro atoms. The molecule has 0 aromatic carbocycles. The van der Waals surface area contributed by atoms with Crippen molar-refractivity contribution in [2.45, 2.75) is 19.4 Å². The van der Waals surface area contributed by atoms with Crippen LogP contribution in [0.25, 0.3) is 0 Å². The van der Waals surface area contributed by atoms with Gasteiger partial charge in [-0.25, -0.2) is 4.98 Å². The van der Waals surface area contributed by atoms with Gasteiger partial charge < -0.3 is 10.1 Å². The van der Waals surface area contributed by atoms with E-state index in [-0.39, 0.29) is 17.9 Å². The van der Waals surface area contributed by atoms with E-state index in [4.69, 9.17) is 16.3 Å². The molecule has 6 heteroatoms. The van der Waals surface area contributed by atoms with Gasteiger partial charge in [-0.05, 0) is 34.3 Å². The third-order valence-electron chi connectivity index (χ3n) is 2.71. The van der Waals surface area contributed by atoms with Crippen LogP contribution < -0.4 is 5.32 Å². The van der Waals surface area contributed by atoms with Crippen LogP contribution in [0.5, 0.6) is 0 Å². The number of hydrogen-bond acceptors (Lipinski definition) is 3. The molecule has 4 nitrogen and oxygen atoms in total. The number of anilines is 1. The van der Waals surface area contributed by atoms with E-state index in [1.807, 2.05) is 6.92 Å². The van der Waals surface area contributed by atoms with Crippen LogP contribution in [0, 0.1) is 5.92 Å². The second-order valence-corrected chi connectivity index (χ2v) is 5.26. The highest BCUT2D eigenvalue weighted by Gasteiger charge is 2.30. The van der Waals surface area contributed by atoms with Gasteiger partial charge in [0.05, 0.1) is 16.4 Å². The van der Waals surface area contributed by atoms with Gasteiger partial charge in [0.2, 0.25) is 0 Å². The van der Waals surface area contributed by atoms with Gasteiger partial charge >= 0.3 is 0 Å². The first-order valence-corrected chi connectivity index (χ1v) is 6.48. The molecule has 1 amide bonds. The normalized spacial score (nSPS) is 23.7. The molecule has 1 fully saturated rings. The molecular formula is C11H12BrClN2O2. The van der Waals surface area contributed by atoms with Gasteiger partial charge in [-0.15, -0.1) is 0 Å². The molecule has 1 saturated heterocycles. The number of carbonyl (C=O) groups is 1. The maximum atomic E-state index is 11.9. The fourth-order valence-electron chi connectivity index (χ4n) is 1.73. The van der Waals surface area contributed by atoms with Crippen LogP contribution in [-0.4, -0.2) is 23.6 Å². The molecule has 92 valence electrons. The highest BCUT2D eigenvalue weighted by Crippen LogP contribution is 2.25. The lowest BCUT2D eigenvalue weighted by atomic mass is 10.0. The van der Waals surface area contributed by atoms with Gasteiger partial charge in [-0.1, -0.05) is 18.5 Å². The molecule has 2 unspecified atom stereocenters. The highest BCUT2D eigenvalue weighted by atomic mass is 79.9. The van der Waals surface area contributed by atoms with Crippen LogP contribution in [0.1, 0.15) is 13.3 Å². The molecule has 0 radical (unpaired) electrons. The van der Waals surface area contributed by atoms with Gasteiger partial charge in [0.15, 0.2) is 0 Å². The second kappa shape index (κ2) is 5.33. The van der Waals surface area contributed by atoms with E-state index >= 15 is 0 Å². The molecule has 1 aromatic rings. The van der Waals surface area contributed by atoms with Crippen LogP contribution >= 0.6 is 27.5 Å². The summed E-state index contributed by atoms with van der Waals surface area (Å²) in [4.78, 5) is 15.8. The lowest BCUT2D eigenvalue weighted by Gasteiger charge is -2.14. The van der Waals surface area contributed by atoms with Crippen LogP contribution in [-0.2, 0) is 9.53 Å². The van der Waals surface area contributed by atoms with E-state index in [0.717, 1.165) is 6.42 Å². The average Bonchev–Trinajstić information content (AvgIpc) is 2.70. The molecule has 1 aromatic heterocycles. The first-order valence-electron chi connectivity index (χ1n) is 5.31. The van der Waals surface area contributed by atoms with E-state index in [1.54, 1.807) is 6.07 Å². The standard InChI is InChI=1S/C11H12BrClN2O2/c1-6-2-3-17-9(6)11(16)15-7-4-8(12)10(13)14-5-7/h4-6,9H,2-3H2,1H3,(H,15,16). The van der Waals surface area contributed by atoms with Gasteiger partial charge in [-0.2, -0.15) is 0 Å². The maximum Gasteiger partial charge on any atom is 0.253 e. The van der Waals surface area contributed by atoms with Crippen molar-refractivity contribution in [3.05, 3.63) is 21.9 Å². The Morgan fingerprint density at radius 2 is 2.47 bits per heavy atom. The van der Waals surface area contributed by atoms with E-state index in [9.17, 15) is 4.79 Å². The quantitative estimate of drug-likeness (QED) is 0.853. The molecule has 0 aliphatic carbocycles. The number of nitrogens with one attached hydrogen (secondary N) is 1. The van der Waals surface area contributed by atoms with E-state index in [0.29, 0.717) is 21.9 Å². The van der Waals surface area contributed by atoms with Crippen molar-refractivity contribution in [3.8, 4) is 0 Å². The summed E-state index contributed by atoms with van der Waals surface area (Å²) in [5.41, 5.74) is 0.606. The Bertz CT molecular complexity index is 441. The van der Waals surface area contributed by atoms with Gasteiger partial charge in [0.25, 0.3) is 5.91 Å². The van der Waals surface area contributed by atoms with Crippen LogP contribution in [0.3, 0.4) is 0 Å². The number of hydrogen-bond donors (Lipinski definition) is 1. The number of ether oxygens (including phenoxy) is 1. The Morgan fingerprint density at radius 1 is 1.71 bits per heavy atom. The molecular weight excluding hydrogens is 307 g/mol. The number of halogens is 2. The summed E-state index contributed by atoms with van der Waals surface area (Å²) in [6.45, 7) is 2.65. The number of aromatic nitrogens is 1. The number of pyridine rings is 1. The number of amides is 1. The fraction of sp³-hybridized carbons (Fsp3) is 0.455. The van der Waals surface area contributed by atoms with Crippen molar-refractivity contribution in [1.29, 1.82) is 0 Å². The topological polar surface area (TPSA) is 51.2 Å². The van der Waals surface area contributed by atoms with E-state index < -0.39 is 0 Å². The van der Waals surface area contributed by atoms with Crippen molar-refractivity contribution >= 4 is 39.1 Å².